The normalized spacial score (nSPS) is 12.8. The number of benzene rings is 6. The molecule has 7 heteroatoms. The summed E-state index contributed by atoms with van der Waals surface area (Å²) in [5, 5.41) is 7.32. The van der Waals surface area contributed by atoms with Crippen molar-refractivity contribution in [3.63, 3.8) is 0 Å². The van der Waals surface area contributed by atoms with Crippen LogP contribution in [0.5, 0.6) is 5.75 Å². The van der Waals surface area contributed by atoms with E-state index in [0.717, 1.165) is 66.6 Å². The van der Waals surface area contributed by atoms with Gasteiger partial charge in [-0.2, -0.15) is 6.07 Å². The van der Waals surface area contributed by atoms with Crippen LogP contribution in [0.2, 0.25) is 0 Å². The second-order valence-electron chi connectivity index (χ2n) is 15.4. The smallest absolute Gasteiger partial charge is 0.135 e. The number of aromatic nitrogens is 4. The van der Waals surface area contributed by atoms with E-state index in [2.05, 4.69) is 182 Å². The number of hydrogen-bond acceptors (Lipinski definition) is 2. The molecule has 3 aromatic heterocycles. The molecular weight excluding hydrogens is 906 g/mol. The van der Waals surface area contributed by atoms with Crippen LogP contribution in [0.4, 0.5) is 0 Å². The van der Waals surface area contributed by atoms with E-state index < -0.39 is 0 Å². The Bertz CT molecular complexity index is 3040. The van der Waals surface area contributed by atoms with Gasteiger partial charge in [-0.1, -0.05) is 171 Å². The monoisotopic (exact) mass is 944 g/mol. The van der Waals surface area contributed by atoms with Crippen molar-refractivity contribution >= 4 is 38.7 Å². The number of ether oxygens (including phenoxy) is 1. The number of hydrogen-bond donors (Lipinski definition) is 0. The zero-order valence-electron chi connectivity index (χ0n) is 32.8. The third kappa shape index (κ3) is 7.00. The molecule has 9 aromatic rings. The molecule has 10 rings (SSSR count). The van der Waals surface area contributed by atoms with Gasteiger partial charge in [0.15, 0.2) is 0 Å². The van der Waals surface area contributed by atoms with E-state index >= 15 is 0 Å². The van der Waals surface area contributed by atoms with Crippen LogP contribution in [0.15, 0.2) is 188 Å². The quantitative estimate of drug-likeness (QED) is 0.118. The summed E-state index contributed by atoms with van der Waals surface area (Å²) in [6.45, 7) is 6.66. The Kier molecular flexibility index (Phi) is 9.96. The van der Waals surface area contributed by atoms with Crippen molar-refractivity contribution < 1.29 is 30.4 Å². The van der Waals surface area contributed by atoms with Crippen molar-refractivity contribution in [3.05, 3.63) is 211 Å². The molecule has 4 heterocycles. The summed E-state index contributed by atoms with van der Waals surface area (Å²) in [6, 6.07) is 56.2. The van der Waals surface area contributed by atoms with Crippen LogP contribution in [-0.4, -0.2) is 14.1 Å². The van der Waals surface area contributed by atoms with Crippen molar-refractivity contribution in [1.29, 1.82) is 0 Å². The first-order valence-corrected chi connectivity index (χ1v) is 19.5. The van der Waals surface area contributed by atoms with Crippen LogP contribution >= 0.6 is 0 Å². The third-order valence-electron chi connectivity index (χ3n) is 10.7. The summed E-state index contributed by atoms with van der Waals surface area (Å²) in [5.41, 5.74) is 10.6. The zero-order chi connectivity index (χ0) is 39.2. The molecule has 0 spiro atoms. The Labute approximate surface area is 358 Å². The minimum atomic E-state index is -0.0299. The molecule has 0 unspecified atom stereocenters. The second-order valence-corrected chi connectivity index (χ2v) is 15.4. The molecule has 0 fully saturated rings. The van der Waals surface area contributed by atoms with E-state index in [9.17, 15) is 0 Å². The van der Waals surface area contributed by atoms with Crippen LogP contribution in [0.25, 0.3) is 77.7 Å². The molecule has 0 aliphatic carbocycles. The van der Waals surface area contributed by atoms with Crippen molar-refractivity contribution in [3.8, 4) is 39.5 Å². The van der Waals surface area contributed by atoms with Gasteiger partial charge in [0.25, 0.3) is 0 Å². The number of rotatable bonds is 7. The predicted octanol–water partition coefficient (Wildman–Crippen LogP) is 12.3. The summed E-state index contributed by atoms with van der Waals surface area (Å²) < 4.78 is 12.9. The van der Waals surface area contributed by atoms with E-state index in [1.54, 1.807) is 0 Å². The summed E-state index contributed by atoms with van der Waals surface area (Å²) in [7, 11) is 0. The van der Waals surface area contributed by atoms with Crippen molar-refractivity contribution in [2.24, 2.45) is 0 Å². The van der Waals surface area contributed by atoms with Crippen LogP contribution in [0, 0.1) is 12.4 Å². The molecule has 6 nitrogen and oxygen atoms in total. The Morgan fingerprint density at radius 2 is 1.32 bits per heavy atom. The molecule has 0 bridgehead atoms. The molecule has 0 saturated carbocycles. The minimum absolute atomic E-state index is 0. The average Bonchev–Trinajstić information content (AvgIpc) is 3.70. The van der Waals surface area contributed by atoms with Gasteiger partial charge in [-0.3, -0.25) is 0 Å². The summed E-state index contributed by atoms with van der Waals surface area (Å²) in [6.07, 6.45) is 13.4. The van der Waals surface area contributed by atoms with E-state index in [1.807, 2.05) is 47.2 Å². The number of nitrogens with zero attached hydrogens (tertiary/aromatic N) is 5. The fourth-order valence-electron chi connectivity index (χ4n) is 7.82. The summed E-state index contributed by atoms with van der Waals surface area (Å²) in [4.78, 5) is 4.84. The zero-order valence-corrected chi connectivity index (χ0v) is 35.1. The number of imidazole rings is 1. The Morgan fingerprint density at radius 1 is 0.661 bits per heavy atom. The van der Waals surface area contributed by atoms with Gasteiger partial charge >= 0.3 is 0 Å². The molecule has 0 amide bonds. The third-order valence-corrected chi connectivity index (χ3v) is 10.7. The molecule has 59 heavy (non-hydrogen) atoms. The number of fused-ring (bicyclic) bond motifs is 4. The van der Waals surface area contributed by atoms with Crippen molar-refractivity contribution in [2.75, 3.05) is 0 Å². The number of allylic oxidation sites excluding steroid dienone is 4. The van der Waals surface area contributed by atoms with Gasteiger partial charge in [0.1, 0.15) is 11.7 Å². The van der Waals surface area contributed by atoms with E-state index in [4.69, 9.17) is 15.0 Å². The standard InChI is InChI=1S/C52H39N5O.Pt/c1-52(2,3)38-31-32-53-49(33-38)57-44-24-11-10-21-42(44)43-30-29-39(34-47(43)57)58-50-28-15-14-27-48(54-50)55-35-56(46-26-13-12-25-45(46)55)51-40(36-17-6-4-7-18-36)22-16-23-41(51)37-19-8-5-9-20-37;/h4-33H,1-3H3;/q-2;. The van der Waals surface area contributed by atoms with Gasteiger partial charge in [0, 0.05) is 44.0 Å². The van der Waals surface area contributed by atoms with Gasteiger partial charge in [0.2, 0.25) is 0 Å². The van der Waals surface area contributed by atoms with Crippen molar-refractivity contribution in [2.45, 2.75) is 26.2 Å². The van der Waals surface area contributed by atoms with Gasteiger partial charge in [0.05, 0.1) is 12.0 Å². The molecule has 0 radical (unpaired) electrons. The molecule has 1 aliphatic heterocycles. The second kappa shape index (κ2) is 15.5. The van der Waals surface area contributed by atoms with Gasteiger partial charge in [-0.25, -0.2) is 4.98 Å². The molecule has 290 valence electrons. The Balaban J connectivity index is 0.00000449. The first-order valence-electron chi connectivity index (χ1n) is 19.5. The first kappa shape index (κ1) is 37.8. The first-order chi connectivity index (χ1) is 28.4. The van der Waals surface area contributed by atoms with E-state index in [-0.39, 0.29) is 26.5 Å². The van der Waals surface area contributed by atoms with E-state index in [1.165, 1.54) is 5.56 Å². The fraction of sp³-hybridized carbons (Fsp3) is 0.0769. The van der Waals surface area contributed by atoms with Gasteiger partial charge < -0.3 is 23.8 Å². The largest absolute Gasteiger partial charge is 0.487 e. The Morgan fingerprint density at radius 3 is 2.05 bits per heavy atom. The maximum atomic E-state index is 6.60. The molecule has 0 atom stereocenters. The topological polar surface area (TPSA) is 50.0 Å². The molecule has 1 aliphatic rings. The fourth-order valence-corrected chi connectivity index (χ4v) is 7.82. The maximum absolute atomic E-state index is 6.60. The SMILES string of the molecule is CC(C)(C)c1ccnc(-n2c3[c-]c(OC4=CC=CC=C(n5[c-][n+](-c6c(-c7ccccc7)cccc6-c6ccccc6)c6ccccc65)[N-]4)ccc3c3ccccc32)c1.[Pt]. The minimum Gasteiger partial charge on any atom is -0.487 e. The predicted molar refractivity (Wildman–Crippen MR) is 235 cm³/mol. The molecule has 6 aromatic carbocycles. The number of pyridine rings is 1. The van der Waals surface area contributed by atoms with Crippen LogP contribution in [0.3, 0.4) is 0 Å². The van der Waals surface area contributed by atoms with E-state index in [0.29, 0.717) is 17.5 Å². The molecule has 0 saturated heterocycles. The Hall–Kier alpha value is -6.75. The molecule has 0 N–H and O–H groups in total. The summed E-state index contributed by atoms with van der Waals surface area (Å²) in [5.74, 6) is 2.48. The van der Waals surface area contributed by atoms with Crippen LogP contribution in [0.1, 0.15) is 26.3 Å². The summed E-state index contributed by atoms with van der Waals surface area (Å²) >= 11 is 0. The number of para-hydroxylation sites is 4. The average molecular weight is 945 g/mol. The van der Waals surface area contributed by atoms with Crippen LogP contribution < -0.4 is 9.30 Å². The van der Waals surface area contributed by atoms with Crippen molar-refractivity contribution in [1.82, 2.24) is 14.1 Å². The molecular formula is C52H39N5OPt-2. The van der Waals surface area contributed by atoms with Gasteiger partial charge in [-0.05, 0) is 62.9 Å². The van der Waals surface area contributed by atoms with Gasteiger partial charge in [-0.15, -0.1) is 23.3 Å². The maximum Gasteiger partial charge on any atom is 0.135 e. The van der Waals surface area contributed by atoms with Crippen LogP contribution in [-0.2, 0) is 26.5 Å².